The Morgan fingerprint density at radius 1 is 1.42 bits per heavy atom. The van der Waals surface area contributed by atoms with Gasteiger partial charge in [-0.25, -0.2) is 0 Å². The van der Waals surface area contributed by atoms with E-state index in [-0.39, 0.29) is 11.3 Å². The Morgan fingerprint density at radius 3 is 2.74 bits per heavy atom. The van der Waals surface area contributed by atoms with Crippen LogP contribution in [0.4, 0.5) is 0 Å². The monoisotopic (exact) mass is 325 g/mol. The molecule has 0 bridgehead atoms. The zero-order valence-corrected chi connectivity index (χ0v) is 13.3. The summed E-state index contributed by atoms with van der Waals surface area (Å²) >= 11 is 3.43. The Kier molecular flexibility index (Phi) is 4.19. The number of carbonyl (C=O) groups excluding carboxylic acids is 1. The number of benzene rings is 1. The molecule has 4 heteroatoms. The van der Waals surface area contributed by atoms with Gasteiger partial charge in [0.2, 0.25) is 0 Å². The number of ether oxygens (including phenoxy) is 1. The molecule has 3 nitrogen and oxygen atoms in total. The molecule has 0 unspecified atom stereocenters. The normalized spacial score (nSPS) is 18.2. The average molecular weight is 326 g/mol. The van der Waals surface area contributed by atoms with Crippen molar-refractivity contribution in [2.75, 3.05) is 20.2 Å². The number of likely N-dealkylation sites (tertiary alicyclic amines) is 1. The Balaban J connectivity index is 2.17. The first kappa shape index (κ1) is 14.4. The largest absolute Gasteiger partial charge is 0.496 e. The first-order chi connectivity index (χ1) is 8.93. The van der Waals surface area contributed by atoms with Crippen molar-refractivity contribution in [1.82, 2.24) is 4.90 Å². The molecule has 0 radical (unpaired) electrons. The third kappa shape index (κ3) is 3.30. The van der Waals surface area contributed by atoms with Crippen LogP contribution in [0, 0.1) is 5.41 Å². The summed E-state index contributed by atoms with van der Waals surface area (Å²) in [6.45, 7) is 6.12. The maximum Gasteiger partial charge on any atom is 0.253 e. The van der Waals surface area contributed by atoms with Gasteiger partial charge in [-0.1, -0.05) is 13.8 Å². The van der Waals surface area contributed by atoms with Crippen LogP contribution in [0.2, 0.25) is 0 Å². The Bertz CT molecular complexity index is 485. The maximum atomic E-state index is 12.5. The van der Waals surface area contributed by atoms with E-state index < -0.39 is 0 Å². The fourth-order valence-corrected chi connectivity index (χ4v) is 3.12. The summed E-state index contributed by atoms with van der Waals surface area (Å²) in [5.41, 5.74) is 0.933. The van der Waals surface area contributed by atoms with E-state index in [1.165, 1.54) is 6.42 Å². The smallest absolute Gasteiger partial charge is 0.253 e. The highest BCUT2D eigenvalue weighted by Crippen LogP contribution is 2.30. The van der Waals surface area contributed by atoms with E-state index in [1.54, 1.807) is 7.11 Å². The molecular formula is C15H20BrNO2. The molecule has 0 aromatic heterocycles. The number of carbonyl (C=O) groups is 1. The number of hydrogen-bond donors (Lipinski definition) is 0. The molecule has 1 fully saturated rings. The van der Waals surface area contributed by atoms with Gasteiger partial charge in [-0.2, -0.15) is 0 Å². The topological polar surface area (TPSA) is 29.5 Å². The van der Waals surface area contributed by atoms with Crippen LogP contribution in [0.1, 0.15) is 37.0 Å². The lowest BCUT2D eigenvalue weighted by atomic mass is 9.84. The van der Waals surface area contributed by atoms with Gasteiger partial charge in [-0.05, 0) is 52.4 Å². The third-order valence-corrected chi connectivity index (χ3v) is 4.21. The van der Waals surface area contributed by atoms with E-state index in [9.17, 15) is 4.79 Å². The molecule has 2 rings (SSSR count). The van der Waals surface area contributed by atoms with Gasteiger partial charge >= 0.3 is 0 Å². The molecule has 1 saturated heterocycles. The van der Waals surface area contributed by atoms with Crippen molar-refractivity contribution >= 4 is 21.8 Å². The number of nitrogens with zero attached hydrogens (tertiary/aromatic N) is 1. The van der Waals surface area contributed by atoms with Crippen LogP contribution in [0.5, 0.6) is 5.75 Å². The summed E-state index contributed by atoms with van der Waals surface area (Å²) in [7, 11) is 1.62. The summed E-state index contributed by atoms with van der Waals surface area (Å²) in [6, 6.07) is 5.49. The van der Waals surface area contributed by atoms with Gasteiger partial charge in [-0.15, -0.1) is 0 Å². The first-order valence-corrected chi connectivity index (χ1v) is 7.35. The summed E-state index contributed by atoms with van der Waals surface area (Å²) in [4.78, 5) is 14.5. The van der Waals surface area contributed by atoms with Crippen LogP contribution in [-0.2, 0) is 0 Å². The predicted octanol–water partition coefficient (Wildman–Crippen LogP) is 3.72. The van der Waals surface area contributed by atoms with Crippen molar-refractivity contribution in [2.45, 2.75) is 26.7 Å². The number of methoxy groups -OCH3 is 1. The maximum absolute atomic E-state index is 12.5. The van der Waals surface area contributed by atoms with Gasteiger partial charge in [0.15, 0.2) is 0 Å². The van der Waals surface area contributed by atoms with Crippen LogP contribution in [0.25, 0.3) is 0 Å². The molecule has 0 N–H and O–H groups in total. The molecule has 19 heavy (non-hydrogen) atoms. The second kappa shape index (κ2) is 5.53. The fourth-order valence-electron chi connectivity index (χ4n) is 2.58. The van der Waals surface area contributed by atoms with Crippen LogP contribution < -0.4 is 4.74 Å². The van der Waals surface area contributed by atoms with Crippen molar-refractivity contribution in [3.05, 3.63) is 28.2 Å². The van der Waals surface area contributed by atoms with E-state index in [2.05, 4.69) is 29.8 Å². The van der Waals surface area contributed by atoms with Crippen molar-refractivity contribution < 1.29 is 9.53 Å². The van der Waals surface area contributed by atoms with Gasteiger partial charge in [0.1, 0.15) is 5.75 Å². The van der Waals surface area contributed by atoms with Crippen molar-refractivity contribution in [3.8, 4) is 5.75 Å². The molecule has 0 atom stereocenters. The van der Waals surface area contributed by atoms with Crippen molar-refractivity contribution in [2.24, 2.45) is 5.41 Å². The minimum absolute atomic E-state index is 0.108. The fraction of sp³-hybridized carbons (Fsp3) is 0.533. The minimum Gasteiger partial charge on any atom is -0.496 e. The van der Waals surface area contributed by atoms with E-state index in [1.807, 2.05) is 23.1 Å². The average Bonchev–Trinajstić information content (AvgIpc) is 2.36. The number of piperidine rings is 1. The van der Waals surface area contributed by atoms with E-state index in [4.69, 9.17) is 4.74 Å². The van der Waals surface area contributed by atoms with Gasteiger partial charge in [-0.3, -0.25) is 4.79 Å². The molecule has 1 amide bonds. The Hall–Kier alpha value is -1.03. The van der Waals surface area contributed by atoms with Gasteiger partial charge < -0.3 is 9.64 Å². The predicted molar refractivity (Wildman–Crippen MR) is 79.6 cm³/mol. The molecule has 1 aliphatic rings. The van der Waals surface area contributed by atoms with E-state index >= 15 is 0 Å². The molecular weight excluding hydrogens is 306 g/mol. The van der Waals surface area contributed by atoms with Crippen LogP contribution >= 0.6 is 15.9 Å². The van der Waals surface area contributed by atoms with Crippen LogP contribution in [0.3, 0.4) is 0 Å². The van der Waals surface area contributed by atoms with Gasteiger partial charge in [0.25, 0.3) is 5.91 Å². The molecule has 0 saturated carbocycles. The number of hydrogen-bond acceptors (Lipinski definition) is 2. The highest BCUT2D eigenvalue weighted by molar-refractivity contribution is 9.10. The van der Waals surface area contributed by atoms with Crippen LogP contribution in [-0.4, -0.2) is 31.0 Å². The zero-order valence-electron chi connectivity index (χ0n) is 11.7. The summed E-state index contributed by atoms with van der Waals surface area (Å²) < 4.78 is 6.00. The highest BCUT2D eigenvalue weighted by atomic mass is 79.9. The van der Waals surface area contributed by atoms with E-state index in [0.717, 1.165) is 29.7 Å². The molecule has 1 aliphatic heterocycles. The van der Waals surface area contributed by atoms with Crippen LogP contribution in [0.15, 0.2) is 22.7 Å². The van der Waals surface area contributed by atoms with Gasteiger partial charge in [0, 0.05) is 18.7 Å². The molecule has 1 aromatic rings. The zero-order chi connectivity index (χ0) is 14.0. The third-order valence-electron chi connectivity index (χ3n) is 3.59. The lowest BCUT2D eigenvalue weighted by molar-refractivity contribution is 0.0583. The molecule has 0 spiro atoms. The van der Waals surface area contributed by atoms with Crippen molar-refractivity contribution in [3.63, 3.8) is 0 Å². The Labute approximate surface area is 123 Å². The second-order valence-corrected chi connectivity index (χ2v) is 6.70. The molecule has 1 heterocycles. The second-order valence-electron chi connectivity index (χ2n) is 5.84. The number of halogens is 1. The number of amides is 1. The molecule has 1 aromatic carbocycles. The summed E-state index contributed by atoms with van der Waals surface area (Å²) in [6.07, 6.45) is 2.26. The Morgan fingerprint density at radius 2 is 2.16 bits per heavy atom. The van der Waals surface area contributed by atoms with E-state index in [0.29, 0.717) is 5.56 Å². The van der Waals surface area contributed by atoms with Gasteiger partial charge in [0.05, 0.1) is 11.6 Å². The lowest BCUT2D eigenvalue weighted by Gasteiger charge is -2.38. The quantitative estimate of drug-likeness (QED) is 0.829. The lowest BCUT2D eigenvalue weighted by Crippen LogP contribution is -2.43. The molecule has 0 aliphatic carbocycles. The summed E-state index contributed by atoms with van der Waals surface area (Å²) in [5.74, 6) is 0.853. The first-order valence-electron chi connectivity index (χ1n) is 6.56. The standard InChI is InChI=1S/C15H20BrNO2/c1-15(2)7-4-8-17(10-15)14(18)11-5-6-13(19-3)12(16)9-11/h5-6,9H,4,7-8,10H2,1-3H3. The minimum atomic E-state index is 0.108. The highest BCUT2D eigenvalue weighted by Gasteiger charge is 2.29. The summed E-state index contributed by atoms with van der Waals surface area (Å²) in [5, 5.41) is 0. The number of rotatable bonds is 2. The van der Waals surface area contributed by atoms with Crippen molar-refractivity contribution in [1.29, 1.82) is 0 Å². The molecule has 104 valence electrons. The SMILES string of the molecule is COc1ccc(C(=O)N2CCCC(C)(C)C2)cc1Br.